The highest BCUT2D eigenvalue weighted by molar-refractivity contribution is 5.69. The third-order valence-electron chi connectivity index (χ3n) is 2.87. The SMILES string of the molecule is Cc1cc(C=CCCNC(=O)OC(C)(C)C)c(N)cc1[N+](=O)[O-]. The molecule has 0 aliphatic rings. The number of nitrogens with two attached hydrogens (primary N) is 1. The molecule has 0 aromatic heterocycles. The molecule has 1 aromatic rings. The van der Waals surface area contributed by atoms with Crippen molar-refractivity contribution in [3.63, 3.8) is 0 Å². The van der Waals surface area contributed by atoms with E-state index in [1.165, 1.54) is 6.07 Å². The highest BCUT2D eigenvalue weighted by Gasteiger charge is 2.15. The van der Waals surface area contributed by atoms with Crippen molar-refractivity contribution in [1.82, 2.24) is 5.32 Å². The van der Waals surface area contributed by atoms with Crippen LogP contribution >= 0.6 is 0 Å². The zero-order valence-corrected chi connectivity index (χ0v) is 13.9. The van der Waals surface area contributed by atoms with Crippen LogP contribution in [0.15, 0.2) is 18.2 Å². The third-order valence-corrected chi connectivity index (χ3v) is 2.87. The van der Waals surface area contributed by atoms with Crippen LogP contribution in [0.4, 0.5) is 16.2 Å². The highest BCUT2D eigenvalue weighted by Crippen LogP contribution is 2.25. The van der Waals surface area contributed by atoms with E-state index >= 15 is 0 Å². The van der Waals surface area contributed by atoms with E-state index in [9.17, 15) is 14.9 Å². The van der Waals surface area contributed by atoms with Crippen LogP contribution in [0.3, 0.4) is 0 Å². The first-order valence-electron chi connectivity index (χ1n) is 7.28. The maximum Gasteiger partial charge on any atom is 0.407 e. The van der Waals surface area contributed by atoms with Crippen LogP contribution in [0.5, 0.6) is 0 Å². The van der Waals surface area contributed by atoms with E-state index in [1.54, 1.807) is 39.8 Å². The number of nitro benzene ring substituents is 1. The lowest BCUT2D eigenvalue weighted by atomic mass is 10.1. The molecular weight excluding hydrogens is 298 g/mol. The number of nitrogens with one attached hydrogen (secondary N) is 1. The van der Waals surface area contributed by atoms with Crippen molar-refractivity contribution in [3.05, 3.63) is 39.4 Å². The fourth-order valence-electron chi connectivity index (χ4n) is 1.86. The molecule has 1 rings (SSSR count). The zero-order valence-electron chi connectivity index (χ0n) is 13.9. The molecule has 0 unspecified atom stereocenters. The van der Waals surface area contributed by atoms with Gasteiger partial charge in [0.05, 0.1) is 4.92 Å². The number of carbonyl (C=O) groups excluding carboxylic acids is 1. The van der Waals surface area contributed by atoms with Gasteiger partial charge < -0.3 is 15.8 Å². The van der Waals surface area contributed by atoms with E-state index < -0.39 is 16.6 Å². The van der Waals surface area contributed by atoms with Crippen LogP contribution in [-0.2, 0) is 4.74 Å². The summed E-state index contributed by atoms with van der Waals surface area (Å²) in [6, 6.07) is 3.03. The number of nitrogen functional groups attached to an aromatic ring is 1. The van der Waals surface area contributed by atoms with Gasteiger partial charge in [-0.25, -0.2) is 4.79 Å². The second-order valence-electron chi connectivity index (χ2n) is 6.14. The summed E-state index contributed by atoms with van der Waals surface area (Å²) in [7, 11) is 0. The Morgan fingerprint density at radius 3 is 2.65 bits per heavy atom. The molecule has 3 N–H and O–H groups in total. The minimum absolute atomic E-state index is 0.00578. The number of hydrogen-bond donors (Lipinski definition) is 2. The highest BCUT2D eigenvalue weighted by atomic mass is 16.6. The summed E-state index contributed by atoms with van der Waals surface area (Å²) in [5, 5.41) is 13.5. The van der Waals surface area contributed by atoms with Crippen molar-refractivity contribution in [2.24, 2.45) is 0 Å². The minimum atomic E-state index is -0.523. The number of carbonyl (C=O) groups is 1. The van der Waals surface area contributed by atoms with E-state index in [0.717, 1.165) is 0 Å². The van der Waals surface area contributed by atoms with Crippen LogP contribution in [0.1, 0.15) is 38.3 Å². The summed E-state index contributed by atoms with van der Waals surface area (Å²) in [6.45, 7) is 7.49. The summed E-state index contributed by atoms with van der Waals surface area (Å²) in [4.78, 5) is 21.8. The lowest BCUT2D eigenvalue weighted by Gasteiger charge is -2.19. The molecule has 7 nitrogen and oxygen atoms in total. The van der Waals surface area contributed by atoms with Crippen molar-refractivity contribution in [1.29, 1.82) is 0 Å². The van der Waals surface area contributed by atoms with Gasteiger partial charge in [0.2, 0.25) is 0 Å². The van der Waals surface area contributed by atoms with Crippen LogP contribution in [0, 0.1) is 17.0 Å². The third kappa shape index (κ3) is 6.37. The number of nitro groups is 1. The van der Waals surface area contributed by atoms with Gasteiger partial charge in [-0.15, -0.1) is 0 Å². The summed E-state index contributed by atoms with van der Waals surface area (Å²) in [6.07, 6.45) is 3.75. The Labute approximate surface area is 135 Å². The first-order valence-corrected chi connectivity index (χ1v) is 7.28. The molecule has 0 aliphatic heterocycles. The largest absolute Gasteiger partial charge is 0.444 e. The minimum Gasteiger partial charge on any atom is -0.444 e. The molecule has 23 heavy (non-hydrogen) atoms. The lowest BCUT2D eigenvalue weighted by molar-refractivity contribution is -0.385. The van der Waals surface area contributed by atoms with Gasteiger partial charge in [-0.2, -0.15) is 0 Å². The molecule has 0 saturated carbocycles. The zero-order chi connectivity index (χ0) is 17.6. The molecule has 0 fully saturated rings. The smallest absolute Gasteiger partial charge is 0.407 e. The second kappa shape index (κ2) is 7.62. The molecular formula is C16H23N3O4. The lowest BCUT2D eigenvalue weighted by Crippen LogP contribution is -2.32. The van der Waals surface area contributed by atoms with Gasteiger partial charge in [0.1, 0.15) is 5.60 Å². The topological polar surface area (TPSA) is 107 Å². The Bertz CT molecular complexity index is 618. The average Bonchev–Trinajstić information content (AvgIpc) is 2.39. The molecule has 0 bridgehead atoms. The molecule has 1 aromatic carbocycles. The Hall–Kier alpha value is -2.57. The summed E-state index contributed by atoms with van der Waals surface area (Å²) >= 11 is 0. The van der Waals surface area contributed by atoms with Crippen LogP contribution in [-0.4, -0.2) is 23.2 Å². The number of alkyl carbamates (subject to hydrolysis) is 1. The van der Waals surface area contributed by atoms with Gasteiger partial charge >= 0.3 is 6.09 Å². The fraction of sp³-hybridized carbons (Fsp3) is 0.438. The Morgan fingerprint density at radius 1 is 1.43 bits per heavy atom. The number of ether oxygens (including phenoxy) is 1. The van der Waals surface area contributed by atoms with Crippen molar-refractivity contribution >= 4 is 23.5 Å². The predicted molar refractivity (Wildman–Crippen MR) is 90.1 cm³/mol. The molecule has 0 heterocycles. The Morgan fingerprint density at radius 2 is 2.09 bits per heavy atom. The quantitative estimate of drug-likeness (QED) is 0.374. The monoisotopic (exact) mass is 321 g/mol. The van der Waals surface area contributed by atoms with Gasteiger partial charge in [0, 0.05) is 23.9 Å². The van der Waals surface area contributed by atoms with Crippen LogP contribution < -0.4 is 11.1 Å². The summed E-state index contributed by atoms with van der Waals surface area (Å²) in [5.74, 6) is 0. The first kappa shape index (κ1) is 18.5. The maximum absolute atomic E-state index is 11.5. The van der Waals surface area contributed by atoms with E-state index in [0.29, 0.717) is 29.8 Å². The average molecular weight is 321 g/mol. The Balaban J connectivity index is 2.54. The normalized spacial score (nSPS) is 11.5. The molecule has 0 radical (unpaired) electrons. The number of benzene rings is 1. The van der Waals surface area contributed by atoms with Gasteiger partial charge in [-0.1, -0.05) is 12.2 Å². The standard InChI is InChI=1S/C16H23N3O4/c1-11-9-12(13(17)10-14(11)19(21)22)7-5-6-8-18-15(20)23-16(2,3)4/h5,7,9-10H,6,8,17H2,1-4H3,(H,18,20). The van der Waals surface area contributed by atoms with Crippen molar-refractivity contribution in [3.8, 4) is 0 Å². The number of anilines is 1. The molecule has 7 heteroatoms. The van der Waals surface area contributed by atoms with Crippen LogP contribution in [0.2, 0.25) is 0 Å². The van der Waals surface area contributed by atoms with E-state index in [4.69, 9.17) is 10.5 Å². The molecule has 0 saturated heterocycles. The van der Waals surface area contributed by atoms with Crippen molar-refractivity contribution in [2.45, 2.75) is 39.7 Å². The first-order chi connectivity index (χ1) is 10.6. The summed E-state index contributed by atoms with van der Waals surface area (Å²) in [5.41, 5.74) is 6.91. The Kier molecular flexibility index (Phi) is 6.12. The molecule has 0 atom stereocenters. The van der Waals surface area contributed by atoms with Gasteiger partial charge in [0.15, 0.2) is 0 Å². The number of aryl methyl sites for hydroxylation is 1. The van der Waals surface area contributed by atoms with E-state index in [-0.39, 0.29) is 5.69 Å². The second-order valence-corrected chi connectivity index (χ2v) is 6.14. The molecule has 1 amide bonds. The molecule has 126 valence electrons. The van der Waals surface area contributed by atoms with Crippen LogP contribution in [0.25, 0.3) is 6.08 Å². The van der Waals surface area contributed by atoms with E-state index in [1.807, 2.05) is 6.08 Å². The fourth-order valence-corrected chi connectivity index (χ4v) is 1.86. The predicted octanol–water partition coefficient (Wildman–Crippen LogP) is 3.41. The molecule has 0 aliphatic carbocycles. The van der Waals surface area contributed by atoms with Gasteiger partial charge in [-0.05, 0) is 45.7 Å². The number of amides is 1. The summed E-state index contributed by atoms with van der Waals surface area (Å²) < 4.78 is 5.12. The van der Waals surface area contributed by atoms with Crippen molar-refractivity contribution < 1.29 is 14.5 Å². The maximum atomic E-state index is 11.5. The number of rotatable bonds is 5. The number of hydrogen-bond acceptors (Lipinski definition) is 5. The van der Waals surface area contributed by atoms with Gasteiger partial charge in [0.25, 0.3) is 5.69 Å². The van der Waals surface area contributed by atoms with Gasteiger partial charge in [-0.3, -0.25) is 10.1 Å². The number of nitrogens with zero attached hydrogens (tertiary/aromatic N) is 1. The molecule has 0 spiro atoms. The van der Waals surface area contributed by atoms with Crippen molar-refractivity contribution in [2.75, 3.05) is 12.3 Å². The van der Waals surface area contributed by atoms with E-state index in [2.05, 4.69) is 5.32 Å².